The number of carbonyl (C=O) groups excluding carboxylic acids is 1. The average Bonchev–Trinajstić information content (AvgIpc) is 2.53. The Kier molecular flexibility index (Phi) is 4.08. The third kappa shape index (κ3) is 2.93. The Morgan fingerprint density at radius 3 is 2.74 bits per heavy atom. The summed E-state index contributed by atoms with van der Waals surface area (Å²) in [7, 11) is 0. The van der Waals surface area contributed by atoms with E-state index in [2.05, 4.69) is 16.9 Å². The molecule has 2 aromatic rings. The third-order valence-corrected chi connectivity index (χ3v) is 3.68. The summed E-state index contributed by atoms with van der Waals surface area (Å²) in [4.78, 5) is 18.9. The lowest BCUT2D eigenvalue weighted by Crippen LogP contribution is -2.45. The molecule has 1 unspecified atom stereocenters. The number of anilines is 2. The number of benzene rings is 1. The highest BCUT2D eigenvalue weighted by atomic mass is 32.1. The fourth-order valence-corrected chi connectivity index (χ4v) is 2.80. The van der Waals surface area contributed by atoms with Crippen LogP contribution in [-0.4, -0.2) is 16.1 Å². The van der Waals surface area contributed by atoms with Gasteiger partial charge >= 0.3 is 6.09 Å². The number of amides is 1. The molecule has 23 heavy (non-hydrogen) atoms. The number of thiocarbonyl (C=S) groups is 1. The van der Waals surface area contributed by atoms with Crippen molar-refractivity contribution in [2.24, 2.45) is 0 Å². The second-order valence-corrected chi connectivity index (χ2v) is 5.56. The zero-order valence-corrected chi connectivity index (χ0v) is 13.3. The van der Waals surface area contributed by atoms with Gasteiger partial charge in [0.2, 0.25) is 0 Å². The van der Waals surface area contributed by atoms with Crippen LogP contribution in [-0.2, 0) is 4.74 Å². The number of rotatable bonds is 2. The molecule has 1 aliphatic heterocycles. The van der Waals surface area contributed by atoms with E-state index in [0.29, 0.717) is 22.3 Å². The second kappa shape index (κ2) is 6.18. The lowest BCUT2D eigenvalue weighted by molar-refractivity contribution is 0.183. The van der Waals surface area contributed by atoms with Crippen LogP contribution in [0.2, 0.25) is 0 Å². The Morgan fingerprint density at radius 2 is 2.04 bits per heavy atom. The minimum Gasteiger partial charge on any atom is -0.415 e. The van der Waals surface area contributed by atoms with Gasteiger partial charge in [0.05, 0.1) is 11.4 Å². The predicted octanol–water partition coefficient (Wildman–Crippen LogP) is 4.05. The van der Waals surface area contributed by atoms with Crippen LogP contribution in [0.3, 0.4) is 0 Å². The van der Waals surface area contributed by atoms with E-state index in [4.69, 9.17) is 17.0 Å². The van der Waals surface area contributed by atoms with Gasteiger partial charge in [-0.2, -0.15) is 0 Å². The molecule has 1 aromatic carbocycles. The van der Waals surface area contributed by atoms with Gasteiger partial charge in [-0.3, -0.25) is 0 Å². The molecule has 116 valence electrons. The molecule has 5 nitrogen and oxygen atoms in total. The van der Waals surface area contributed by atoms with E-state index < -0.39 is 12.1 Å². The van der Waals surface area contributed by atoms with Gasteiger partial charge in [-0.1, -0.05) is 49.1 Å². The number of aromatic nitrogens is 1. The normalized spacial score (nSPS) is 16.3. The van der Waals surface area contributed by atoms with Gasteiger partial charge in [-0.05, 0) is 24.6 Å². The molecule has 0 fully saturated rings. The van der Waals surface area contributed by atoms with Crippen molar-refractivity contribution in [1.82, 2.24) is 4.98 Å². The summed E-state index contributed by atoms with van der Waals surface area (Å²) in [5, 5.41) is 3.14. The summed E-state index contributed by atoms with van der Waals surface area (Å²) in [6, 6.07) is 12.6. The number of allylic oxidation sites excluding steroid dienone is 1. The van der Waals surface area contributed by atoms with E-state index in [1.54, 1.807) is 19.2 Å². The summed E-state index contributed by atoms with van der Waals surface area (Å²) in [5.74, 6) is 0.782. The zero-order chi connectivity index (χ0) is 16.4. The van der Waals surface area contributed by atoms with Crippen LogP contribution in [0.5, 0.6) is 0 Å². The van der Waals surface area contributed by atoms with Crippen molar-refractivity contribution < 1.29 is 9.53 Å². The number of nitrogens with one attached hydrogen (secondary N) is 1. The minimum absolute atomic E-state index is 0.309. The maximum Gasteiger partial charge on any atom is 0.421 e. The first-order chi connectivity index (χ1) is 11.1. The molecule has 1 aliphatic rings. The molecule has 0 spiro atoms. The van der Waals surface area contributed by atoms with Crippen molar-refractivity contribution in [1.29, 1.82) is 0 Å². The van der Waals surface area contributed by atoms with Crippen LogP contribution >= 0.6 is 12.2 Å². The topological polar surface area (TPSA) is 54.5 Å². The lowest BCUT2D eigenvalue weighted by Gasteiger charge is -2.36. The fourth-order valence-electron chi connectivity index (χ4n) is 2.45. The molecule has 1 amide bonds. The van der Waals surface area contributed by atoms with Crippen LogP contribution in [0.1, 0.15) is 18.5 Å². The van der Waals surface area contributed by atoms with Crippen molar-refractivity contribution in [3.8, 4) is 0 Å². The highest BCUT2D eigenvalue weighted by Crippen LogP contribution is 2.37. The average molecular weight is 325 g/mol. The fraction of sp³-hybridized carbons (Fsp3) is 0.118. The molecule has 0 saturated heterocycles. The Morgan fingerprint density at radius 1 is 1.30 bits per heavy atom. The van der Waals surface area contributed by atoms with Crippen molar-refractivity contribution in [2.45, 2.75) is 13.0 Å². The molecule has 1 aromatic heterocycles. The van der Waals surface area contributed by atoms with Crippen molar-refractivity contribution >= 4 is 34.8 Å². The first-order valence-corrected chi connectivity index (χ1v) is 7.46. The molecule has 0 radical (unpaired) electrons. The van der Waals surface area contributed by atoms with E-state index in [9.17, 15) is 4.79 Å². The Balaban J connectivity index is 2.11. The number of nitrogens with zero attached hydrogens (tertiary/aromatic N) is 2. The van der Waals surface area contributed by atoms with Gasteiger partial charge < -0.3 is 10.1 Å². The molecule has 0 aliphatic carbocycles. The van der Waals surface area contributed by atoms with Gasteiger partial charge in [0.25, 0.3) is 0 Å². The van der Waals surface area contributed by atoms with E-state index >= 15 is 0 Å². The van der Waals surface area contributed by atoms with E-state index in [0.717, 1.165) is 5.56 Å². The molecule has 1 N–H and O–H groups in total. The standard InChI is InChI=1S/C17H15N3O2S/c1-11(2)22-17(21)20-14(12-7-4-3-5-8-12)16(23)19-13-9-6-10-18-15(13)20/h3-10,14H,1H2,2H3,(H,19,23). The number of pyridine rings is 1. The third-order valence-electron chi connectivity index (χ3n) is 3.35. The Bertz CT molecular complexity index is 776. The molecular formula is C17H15N3O2S. The zero-order valence-electron chi connectivity index (χ0n) is 12.5. The van der Waals surface area contributed by atoms with E-state index in [1.807, 2.05) is 36.4 Å². The number of carbonyl (C=O) groups is 1. The summed E-state index contributed by atoms with van der Waals surface area (Å²) >= 11 is 5.48. The van der Waals surface area contributed by atoms with Crippen LogP contribution in [0, 0.1) is 0 Å². The van der Waals surface area contributed by atoms with Crippen LogP contribution in [0.25, 0.3) is 0 Å². The monoisotopic (exact) mass is 325 g/mol. The Labute approximate surface area is 139 Å². The van der Waals surface area contributed by atoms with Crippen LogP contribution in [0.4, 0.5) is 16.3 Å². The number of hydrogen-bond acceptors (Lipinski definition) is 4. The van der Waals surface area contributed by atoms with Gasteiger partial charge in [-0.15, -0.1) is 0 Å². The molecule has 0 bridgehead atoms. The van der Waals surface area contributed by atoms with Gasteiger partial charge in [-0.25, -0.2) is 14.7 Å². The quantitative estimate of drug-likeness (QED) is 0.667. The lowest BCUT2D eigenvalue weighted by atomic mass is 10.0. The predicted molar refractivity (Wildman–Crippen MR) is 93.4 cm³/mol. The van der Waals surface area contributed by atoms with Gasteiger partial charge in [0.15, 0.2) is 5.82 Å². The smallest absolute Gasteiger partial charge is 0.415 e. The summed E-state index contributed by atoms with van der Waals surface area (Å²) in [6.45, 7) is 5.24. The number of ether oxygens (including phenoxy) is 1. The second-order valence-electron chi connectivity index (χ2n) is 5.12. The van der Waals surface area contributed by atoms with E-state index in [-0.39, 0.29) is 0 Å². The highest BCUT2D eigenvalue weighted by molar-refractivity contribution is 7.80. The summed E-state index contributed by atoms with van der Waals surface area (Å²) in [5.41, 5.74) is 1.54. The van der Waals surface area contributed by atoms with Crippen molar-refractivity contribution in [2.75, 3.05) is 10.2 Å². The largest absolute Gasteiger partial charge is 0.421 e. The number of hydrogen-bond donors (Lipinski definition) is 1. The van der Waals surface area contributed by atoms with Gasteiger partial charge in [0, 0.05) is 6.20 Å². The minimum atomic E-state index is -0.560. The van der Waals surface area contributed by atoms with Crippen molar-refractivity contribution in [3.63, 3.8) is 0 Å². The summed E-state index contributed by atoms with van der Waals surface area (Å²) in [6.07, 6.45) is 1.06. The molecule has 2 heterocycles. The highest BCUT2D eigenvalue weighted by Gasteiger charge is 2.37. The Hall–Kier alpha value is -2.73. The van der Waals surface area contributed by atoms with Crippen molar-refractivity contribution in [3.05, 3.63) is 66.6 Å². The van der Waals surface area contributed by atoms with Gasteiger partial charge in [0.1, 0.15) is 11.0 Å². The molecular weight excluding hydrogens is 310 g/mol. The summed E-state index contributed by atoms with van der Waals surface area (Å²) < 4.78 is 5.21. The van der Waals surface area contributed by atoms with E-state index in [1.165, 1.54) is 4.90 Å². The SMILES string of the molecule is C=C(C)OC(=O)N1c2ncccc2NC(=S)C1c1ccccc1. The molecule has 3 rings (SSSR count). The van der Waals surface area contributed by atoms with Crippen LogP contribution in [0.15, 0.2) is 61.0 Å². The molecule has 1 atom stereocenters. The first-order valence-electron chi connectivity index (χ1n) is 7.05. The maximum absolute atomic E-state index is 12.6. The molecule has 6 heteroatoms. The maximum atomic E-state index is 12.6. The van der Waals surface area contributed by atoms with Crippen LogP contribution < -0.4 is 10.2 Å². The molecule has 0 saturated carbocycles. The first kappa shape index (κ1) is 15.2. The number of fused-ring (bicyclic) bond motifs is 1.